The van der Waals surface area contributed by atoms with Crippen molar-refractivity contribution in [1.29, 1.82) is 0 Å². The van der Waals surface area contributed by atoms with E-state index in [0.717, 1.165) is 16.7 Å². The number of aryl methyl sites for hydroxylation is 3. The van der Waals surface area contributed by atoms with Crippen molar-refractivity contribution in [1.82, 2.24) is 9.21 Å². The van der Waals surface area contributed by atoms with Gasteiger partial charge in [-0.15, -0.1) is 0 Å². The van der Waals surface area contributed by atoms with Crippen LogP contribution in [0.4, 0.5) is 0 Å². The van der Waals surface area contributed by atoms with E-state index >= 15 is 0 Å². The van der Waals surface area contributed by atoms with Gasteiger partial charge >= 0.3 is 0 Å². The molecule has 3 rings (SSSR count). The van der Waals surface area contributed by atoms with Crippen LogP contribution in [0.15, 0.2) is 53.4 Å². The third-order valence-electron chi connectivity index (χ3n) is 4.99. The fourth-order valence-electron chi connectivity index (χ4n) is 3.33. The standard InChI is InChI=1S/C22H26N2O3S/c1-17-4-7-20(8-5-17)9-11-22(25)23-12-14-24(15-13-23)28(26,27)21-10-6-18(2)16-19(21)3/h4-11,16H,12-15H2,1-3H3/b11-9+. The second kappa shape index (κ2) is 8.29. The number of hydrogen-bond acceptors (Lipinski definition) is 3. The van der Waals surface area contributed by atoms with Gasteiger partial charge in [0.2, 0.25) is 15.9 Å². The van der Waals surface area contributed by atoms with Gasteiger partial charge in [0, 0.05) is 32.3 Å². The Hall–Kier alpha value is -2.44. The molecule has 2 aromatic rings. The van der Waals surface area contributed by atoms with Gasteiger partial charge in [-0.25, -0.2) is 8.42 Å². The Bertz CT molecular complexity index is 987. The fourth-order valence-corrected chi connectivity index (χ4v) is 4.96. The highest BCUT2D eigenvalue weighted by atomic mass is 32.2. The normalized spacial score (nSPS) is 15.9. The van der Waals surface area contributed by atoms with Gasteiger partial charge in [0.1, 0.15) is 0 Å². The van der Waals surface area contributed by atoms with Crippen LogP contribution >= 0.6 is 0 Å². The van der Waals surface area contributed by atoms with Gasteiger partial charge in [-0.3, -0.25) is 4.79 Å². The summed E-state index contributed by atoms with van der Waals surface area (Å²) in [5.74, 6) is -0.0934. The molecule has 148 valence electrons. The summed E-state index contributed by atoms with van der Waals surface area (Å²) in [5, 5.41) is 0. The molecule has 0 bridgehead atoms. The first-order valence-corrected chi connectivity index (χ1v) is 10.8. The molecule has 1 saturated heterocycles. The molecule has 0 radical (unpaired) electrons. The summed E-state index contributed by atoms with van der Waals surface area (Å²) in [5.41, 5.74) is 3.92. The van der Waals surface area contributed by atoms with Crippen molar-refractivity contribution < 1.29 is 13.2 Å². The summed E-state index contributed by atoms with van der Waals surface area (Å²) >= 11 is 0. The summed E-state index contributed by atoms with van der Waals surface area (Å²) < 4.78 is 27.4. The lowest BCUT2D eigenvalue weighted by molar-refractivity contribution is -0.127. The third kappa shape index (κ3) is 4.51. The first kappa shape index (κ1) is 20.3. The molecule has 0 spiro atoms. The van der Waals surface area contributed by atoms with E-state index < -0.39 is 10.0 Å². The third-order valence-corrected chi connectivity index (χ3v) is 7.05. The minimum absolute atomic E-state index is 0.0934. The second-order valence-corrected chi connectivity index (χ2v) is 9.15. The summed E-state index contributed by atoms with van der Waals surface area (Å²) in [6.45, 7) is 7.17. The van der Waals surface area contributed by atoms with E-state index in [-0.39, 0.29) is 5.91 Å². The van der Waals surface area contributed by atoms with Crippen LogP contribution in [-0.2, 0) is 14.8 Å². The Labute approximate surface area is 167 Å². The number of carbonyl (C=O) groups is 1. The molecule has 6 heteroatoms. The monoisotopic (exact) mass is 398 g/mol. The van der Waals surface area contributed by atoms with Crippen LogP contribution < -0.4 is 0 Å². The SMILES string of the molecule is Cc1ccc(/C=C/C(=O)N2CCN(S(=O)(=O)c3ccc(C)cc3C)CC2)cc1. The Balaban J connectivity index is 1.63. The molecule has 0 saturated carbocycles. The van der Waals surface area contributed by atoms with Gasteiger partial charge in [0.15, 0.2) is 0 Å². The molecular weight excluding hydrogens is 372 g/mol. The number of sulfonamides is 1. The van der Waals surface area contributed by atoms with Crippen molar-refractivity contribution in [3.05, 3.63) is 70.8 Å². The van der Waals surface area contributed by atoms with E-state index in [1.807, 2.05) is 57.2 Å². The molecule has 1 aliphatic heterocycles. The van der Waals surface area contributed by atoms with Crippen LogP contribution in [-0.4, -0.2) is 49.7 Å². The van der Waals surface area contributed by atoms with Crippen LogP contribution in [0.5, 0.6) is 0 Å². The van der Waals surface area contributed by atoms with Crippen molar-refractivity contribution in [2.24, 2.45) is 0 Å². The minimum Gasteiger partial charge on any atom is -0.337 e. The molecular formula is C22H26N2O3S. The molecule has 1 heterocycles. The molecule has 2 aromatic carbocycles. The quantitative estimate of drug-likeness (QED) is 0.744. The lowest BCUT2D eigenvalue weighted by Crippen LogP contribution is -2.50. The molecule has 0 atom stereocenters. The molecule has 5 nitrogen and oxygen atoms in total. The van der Waals surface area contributed by atoms with Crippen LogP contribution in [0.3, 0.4) is 0 Å². The van der Waals surface area contributed by atoms with Crippen LogP contribution in [0.1, 0.15) is 22.3 Å². The summed E-state index contributed by atoms with van der Waals surface area (Å²) in [4.78, 5) is 14.5. The second-order valence-electron chi connectivity index (χ2n) is 7.24. The van der Waals surface area contributed by atoms with E-state index in [0.29, 0.717) is 31.1 Å². The van der Waals surface area contributed by atoms with E-state index in [2.05, 4.69) is 0 Å². The zero-order valence-electron chi connectivity index (χ0n) is 16.6. The maximum atomic E-state index is 12.9. The Morgan fingerprint density at radius 3 is 2.11 bits per heavy atom. The summed E-state index contributed by atoms with van der Waals surface area (Å²) in [7, 11) is -3.54. The molecule has 0 aliphatic carbocycles. The number of rotatable bonds is 4. The van der Waals surface area contributed by atoms with E-state index in [1.54, 1.807) is 23.1 Å². The van der Waals surface area contributed by atoms with Crippen LogP contribution in [0.2, 0.25) is 0 Å². The molecule has 0 aromatic heterocycles. The van der Waals surface area contributed by atoms with Crippen molar-refractivity contribution in [2.75, 3.05) is 26.2 Å². The zero-order chi connectivity index (χ0) is 20.3. The van der Waals surface area contributed by atoms with Gasteiger partial charge in [0.25, 0.3) is 0 Å². The van der Waals surface area contributed by atoms with Crippen molar-refractivity contribution in [2.45, 2.75) is 25.7 Å². The predicted octanol–water partition coefficient (Wildman–Crippen LogP) is 3.16. The summed E-state index contributed by atoms with van der Waals surface area (Å²) in [6.07, 6.45) is 3.35. The molecule has 1 amide bonds. The van der Waals surface area contributed by atoms with E-state index in [1.165, 1.54) is 9.87 Å². The largest absolute Gasteiger partial charge is 0.337 e. The van der Waals surface area contributed by atoms with Gasteiger partial charge in [-0.2, -0.15) is 4.31 Å². The fraction of sp³-hybridized carbons (Fsp3) is 0.318. The van der Waals surface area contributed by atoms with Gasteiger partial charge in [-0.05, 0) is 44.0 Å². The predicted molar refractivity (Wildman–Crippen MR) is 111 cm³/mol. The molecule has 1 fully saturated rings. The van der Waals surface area contributed by atoms with E-state index in [4.69, 9.17) is 0 Å². The van der Waals surface area contributed by atoms with Gasteiger partial charge in [-0.1, -0.05) is 47.5 Å². The Kier molecular flexibility index (Phi) is 6.01. The van der Waals surface area contributed by atoms with E-state index in [9.17, 15) is 13.2 Å². The lowest BCUT2D eigenvalue weighted by Gasteiger charge is -2.33. The summed E-state index contributed by atoms with van der Waals surface area (Å²) in [6, 6.07) is 13.3. The molecule has 28 heavy (non-hydrogen) atoms. The average molecular weight is 399 g/mol. The topological polar surface area (TPSA) is 57.7 Å². The average Bonchev–Trinajstić information content (AvgIpc) is 2.67. The van der Waals surface area contributed by atoms with Gasteiger partial charge < -0.3 is 4.90 Å². The number of benzene rings is 2. The van der Waals surface area contributed by atoms with Crippen molar-refractivity contribution >= 4 is 22.0 Å². The molecule has 1 aliphatic rings. The first-order chi connectivity index (χ1) is 13.3. The maximum absolute atomic E-state index is 12.9. The number of piperazine rings is 1. The zero-order valence-corrected chi connectivity index (χ0v) is 17.4. The maximum Gasteiger partial charge on any atom is 0.246 e. The molecule has 0 unspecified atom stereocenters. The Morgan fingerprint density at radius 2 is 1.50 bits per heavy atom. The number of carbonyl (C=O) groups excluding carboxylic acids is 1. The van der Waals surface area contributed by atoms with Crippen LogP contribution in [0.25, 0.3) is 6.08 Å². The number of hydrogen-bond donors (Lipinski definition) is 0. The molecule has 0 N–H and O–H groups in total. The van der Waals surface area contributed by atoms with Crippen molar-refractivity contribution in [3.8, 4) is 0 Å². The number of amides is 1. The highest BCUT2D eigenvalue weighted by Crippen LogP contribution is 2.22. The lowest BCUT2D eigenvalue weighted by atomic mass is 10.1. The van der Waals surface area contributed by atoms with Crippen molar-refractivity contribution in [3.63, 3.8) is 0 Å². The highest BCUT2D eigenvalue weighted by molar-refractivity contribution is 7.89. The number of nitrogens with zero attached hydrogens (tertiary/aromatic N) is 2. The Morgan fingerprint density at radius 1 is 0.893 bits per heavy atom. The smallest absolute Gasteiger partial charge is 0.246 e. The highest BCUT2D eigenvalue weighted by Gasteiger charge is 2.30. The van der Waals surface area contributed by atoms with Crippen LogP contribution in [0, 0.1) is 20.8 Å². The minimum atomic E-state index is -3.54. The van der Waals surface area contributed by atoms with Gasteiger partial charge in [0.05, 0.1) is 4.90 Å². The first-order valence-electron chi connectivity index (χ1n) is 9.38.